The Morgan fingerprint density at radius 3 is 2.56 bits per heavy atom. The zero-order chi connectivity index (χ0) is 13.0. The van der Waals surface area contributed by atoms with E-state index in [0.29, 0.717) is 28.0 Å². The van der Waals surface area contributed by atoms with E-state index in [2.05, 4.69) is 4.98 Å². The number of benzene rings is 1. The van der Waals surface area contributed by atoms with Crippen LogP contribution in [0.1, 0.15) is 11.1 Å². The van der Waals surface area contributed by atoms with Gasteiger partial charge in [-0.25, -0.2) is 0 Å². The van der Waals surface area contributed by atoms with Crippen LogP contribution in [0.25, 0.3) is 0 Å². The first-order valence-corrected chi connectivity index (χ1v) is 6.07. The van der Waals surface area contributed by atoms with Crippen LogP contribution in [-0.4, -0.2) is 10.1 Å². The van der Waals surface area contributed by atoms with E-state index in [9.17, 15) is 5.11 Å². The molecule has 0 saturated heterocycles. The first-order chi connectivity index (χ1) is 8.70. The molecule has 0 spiro atoms. The first kappa shape index (κ1) is 13.1. The Morgan fingerprint density at radius 2 is 1.89 bits per heavy atom. The van der Waals surface area contributed by atoms with Gasteiger partial charge in [-0.2, -0.15) is 0 Å². The lowest BCUT2D eigenvalue weighted by Gasteiger charge is -2.12. The molecule has 1 aromatic carbocycles. The summed E-state index contributed by atoms with van der Waals surface area (Å²) in [5.41, 5.74) is 1.54. The van der Waals surface area contributed by atoms with E-state index in [4.69, 9.17) is 27.9 Å². The molecule has 0 aliphatic heterocycles. The number of rotatable bonds is 4. The van der Waals surface area contributed by atoms with Crippen molar-refractivity contribution in [1.29, 1.82) is 0 Å². The third-order valence-electron chi connectivity index (χ3n) is 2.39. The minimum Gasteiger partial charge on any atom is -0.487 e. The second-order valence-electron chi connectivity index (χ2n) is 3.68. The molecule has 2 rings (SSSR count). The SMILES string of the molecule is OCc1cc(Cl)cc(Cl)c1OCc1ccncc1. The number of aromatic nitrogens is 1. The summed E-state index contributed by atoms with van der Waals surface area (Å²) >= 11 is 11.9. The zero-order valence-corrected chi connectivity index (χ0v) is 10.9. The van der Waals surface area contributed by atoms with Crippen molar-refractivity contribution < 1.29 is 9.84 Å². The number of nitrogens with zero attached hydrogens (tertiary/aromatic N) is 1. The van der Waals surface area contributed by atoms with Gasteiger partial charge in [-0.1, -0.05) is 23.2 Å². The van der Waals surface area contributed by atoms with E-state index < -0.39 is 0 Å². The molecule has 0 unspecified atom stereocenters. The van der Waals surface area contributed by atoms with E-state index in [0.717, 1.165) is 5.56 Å². The largest absolute Gasteiger partial charge is 0.487 e. The molecular formula is C13H11Cl2NO2. The van der Waals surface area contributed by atoms with Gasteiger partial charge in [0, 0.05) is 23.0 Å². The lowest BCUT2D eigenvalue weighted by Crippen LogP contribution is -1.99. The van der Waals surface area contributed by atoms with Gasteiger partial charge < -0.3 is 9.84 Å². The standard InChI is InChI=1S/C13H11Cl2NO2/c14-11-5-10(7-17)13(12(15)6-11)18-8-9-1-3-16-4-2-9/h1-6,17H,7-8H2. The molecule has 3 nitrogen and oxygen atoms in total. The summed E-state index contributed by atoms with van der Waals surface area (Å²) in [6.07, 6.45) is 3.38. The molecule has 0 amide bonds. The van der Waals surface area contributed by atoms with Crippen LogP contribution in [0.4, 0.5) is 0 Å². The molecule has 0 saturated carbocycles. The smallest absolute Gasteiger partial charge is 0.144 e. The van der Waals surface area contributed by atoms with Crippen molar-refractivity contribution in [2.45, 2.75) is 13.2 Å². The highest BCUT2D eigenvalue weighted by Crippen LogP contribution is 2.33. The second kappa shape index (κ2) is 6.05. The van der Waals surface area contributed by atoms with Crippen LogP contribution < -0.4 is 4.74 Å². The third-order valence-corrected chi connectivity index (χ3v) is 2.89. The summed E-state index contributed by atoms with van der Waals surface area (Å²) in [7, 11) is 0. The highest BCUT2D eigenvalue weighted by Gasteiger charge is 2.10. The molecule has 0 bridgehead atoms. The van der Waals surface area contributed by atoms with E-state index in [1.807, 2.05) is 12.1 Å². The minimum absolute atomic E-state index is 0.175. The van der Waals surface area contributed by atoms with Crippen LogP contribution in [0, 0.1) is 0 Å². The van der Waals surface area contributed by atoms with Crippen LogP contribution >= 0.6 is 23.2 Å². The first-order valence-electron chi connectivity index (χ1n) is 5.31. The Kier molecular flexibility index (Phi) is 4.42. The number of ether oxygens (including phenoxy) is 1. The van der Waals surface area contributed by atoms with Crippen molar-refractivity contribution in [2.24, 2.45) is 0 Å². The fraction of sp³-hybridized carbons (Fsp3) is 0.154. The topological polar surface area (TPSA) is 42.4 Å². The van der Waals surface area contributed by atoms with Gasteiger partial charge in [0.15, 0.2) is 0 Å². The lowest BCUT2D eigenvalue weighted by molar-refractivity contribution is 0.259. The van der Waals surface area contributed by atoms with Crippen molar-refractivity contribution in [3.05, 3.63) is 57.8 Å². The summed E-state index contributed by atoms with van der Waals surface area (Å²) in [4.78, 5) is 3.92. The predicted molar refractivity (Wildman–Crippen MR) is 71.0 cm³/mol. The van der Waals surface area contributed by atoms with Crippen LogP contribution in [0.3, 0.4) is 0 Å². The molecule has 2 aromatic rings. The molecule has 18 heavy (non-hydrogen) atoms. The maximum absolute atomic E-state index is 9.26. The molecule has 0 fully saturated rings. The molecule has 94 valence electrons. The van der Waals surface area contributed by atoms with E-state index in [-0.39, 0.29) is 6.61 Å². The number of halogens is 2. The van der Waals surface area contributed by atoms with Crippen molar-refractivity contribution in [1.82, 2.24) is 4.98 Å². The van der Waals surface area contributed by atoms with Gasteiger partial charge >= 0.3 is 0 Å². The van der Waals surface area contributed by atoms with Gasteiger partial charge in [0.05, 0.1) is 11.6 Å². The average Bonchev–Trinajstić information content (AvgIpc) is 2.38. The molecule has 1 heterocycles. The molecule has 5 heteroatoms. The molecule has 0 radical (unpaired) electrons. The van der Waals surface area contributed by atoms with Gasteiger partial charge in [-0.05, 0) is 29.8 Å². The van der Waals surface area contributed by atoms with Crippen molar-refractivity contribution in [2.75, 3.05) is 0 Å². The molecule has 1 aromatic heterocycles. The molecule has 0 aliphatic rings. The Labute approximate surface area is 115 Å². The Hall–Kier alpha value is -1.29. The number of pyridine rings is 1. The maximum Gasteiger partial charge on any atom is 0.144 e. The fourth-order valence-corrected chi connectivity index (χ4v) is 2.12. The van der Waals surface area contributed by atoms with Crippen LogP contribution in [0.5, 0.6) is 5.75 Å². The molecule has 0 atom stereocenters. The van der Waals surface area contributed by atoms with E-state index in [1.54, 1.807) is 24.5 Å². The fourth-order valence-electron chi connectivity index (χ4n) is 1.53. The van der Waals surface area contributed by atoms with Gasteiger partial charge in [-0.3, -0.25) is 4.98 Å². The Bertz CT molecular complexity index is 532. The average molecular weight is 284 g/mol. The van der Waals surface area contributed by atoms with Gasteiger partial charge in [-0.15, -0.1) is 0 Å². The lowest BCUT2D eigenvalue weighted by atomic mass is 10.2. The maximum atomic E-state index is 9.26. The minimum atomic E-state index is -0.175. The van der Waals surface area contributed by atoms with E-state index in [1.165, 1.54) is 0 Å². The Balaban J connectivity index is 2.19. The van der Waals surface area contributed by atoms with E-state index >= 15 is 0 Å². The van der Waals surface area contributed by atoms with Gasteiger partial charge in [0.2, 0.25) is 0 Å². The zero-order valence-electron chi connectivity index (χ0n) is 9.44. The molecule has 0 aliphatic carbocycles. The highest BCUT2D eigenvalue weighted by molar-refractivity contribution is 6.35. The third kappa shape index (κ3) is 3.13. The predicted octanol–water partition coefficient (Wildman–Crippen LogP) is 3.46. The summed E-state index contributed by atoms with van der Waals surface area (Å²) in [6.45, 7) is 0.183. The number of aliphatic hydroxyl groups excluding tert-OH is 1. The molecule has 1 N–H and O–H groups in total. The quantitative estimate of drug-likeness (QED) is 0.934. The van der Waals surface area contributed by atoms with Crippen LogP contribution in [0.15, 0.2) is 36.7 Å². The van der Waals surface area contributed by atoms with Crippen molar-refractivity contribution in [3.63, 3.8) is 0 Å². The van der Waals surface area contributed by atoms with Crippen molar-refractivity contribution >= 4 is 23.2 Å². The normalized spacial score (nSPS) is 10.4. The highest BCUT2D eigenvalue weighted by atomic mass is 35.5. The number of aliphatic hydroxyl groups is 1. The monoisotopic (exact) mass is 283 g/mol. The summed E-state index contributed by atoms with van der Waals surface area (Å²) in [5.74, 6) is 0.459. The van der Waals surface area contributed by atoms with Crippen LogP contribution in [0.2, 0.25) is 10.0 Å². The van der Waals surface area contributed by atoms with Gasteiger partial charge in [0.25, 0.3) is 0 Å². The van der Waals surface area contributed by atoms with Gasteiger partial charge in [0.1, 0.15) is 12.4 Å². The summed E-state index contributed by atoms with van der Waals surface area (Å²) in [5, 5.41) is 10.1. The van der Waals surface area contributed by atoms with Crippen LogP contribution in [-0.2, 0) is 13.2 Å². The Morgan fingerprint density at radius 1 is 1.17 bits per heavy atom. The summed E-state index contributed by atoms with van der Waals surface area (Å²) < 4.78 is 5.62. The molecular weight excluding hydrogens is 273 g/mol. The number of hydrogen-bond donors (Lipinski definition) is 1. The second-order valence-corrected chi connectivity index (χ2v) is 4.52. The van der Waals surface area contributed by atoms with Crippen molar-refractivity contribution in [3.8, 4) is 5.75 Å². The number of hydrogen-bond acceptors (Lipinski definition) is 3. The summed E-state index contributed by atoms with van der Waals surface area (Å²) in [6, 6.07) is 6.92.